The average molecular weight is 331 g/mol. The van der Waals surface area contributed by atoms with Gasteiger partial charge in [-0.05, 0) is 55.5 Å². The molecule has 3 amide bonds. The summed E-state index contributed by atoms with van der Waals surface area (Å²) in [5.74, 6) is 1.07. The number of hydrogen-bond donors (Lipinski definition) is 1. The normalized spacial score (nSPS) is 21.0. The van der Waals surface area contributed by atoms with E-state index in [4.69, 9.17) is 4.74 Å². The highest BCUT2D eigenvalue weighted by Gasteiger charge is 2.46. The molecule has 1 aliphatic heterocycles. The molecule has 6 nitrogen and oxygen atoms in total. The smallest absolute Gasteiger partial charge is 0.346 e. The van der Waals surface area contributed by atoms with E-state index in [-0.39, 0.29) is 5.91 Å². The van der Waals surface area contributed by atoms with E-state index in [0.29, 0.717) is 18.9 Å². The zero-order valence-corrected chi connectivity index (χ0v) is 14.7. The Kier molecular flexibility index (Phi) is 5.59. The topological polar surface area (TPSA) is 71.0 Å². The molecule has 0 aliphatic carbocycles. The molecule has 0 bridgehead atoms. The van der Waals surface area contributed by atoms with E-state index in [1.165, 1.54) is 6.21 Å². The van der Waals surface area contributed by atoms with Gasteiger partial charge >= 0.3 is 6.03 Å². The molecular formula is C18H25N3O3. The standard InChI is InChI=1S/C18H25N3O3/c1-5-18(4)16(22)21(17(23)20-18)19-12-14-6-8-15(9-7-14)24-11-10-13(2)3/h6-9,12-13H,5,10-11H2,1-4H3,(H,20,23)/b19-12-/t18-/m1/s1. The van der Waals surface area contributed by atoms with Crippen molar-refractivity contribution in [3.63, 3.8) is 0 Å². The first-order valence-corrected chi connectivity index (χ1v) is 8.29. The highest BCUT2D eigenvalue weighted by Crippen LogP contribution is 2.21. The molecule has 24 heavy (non-hydrogen) atoms. The SMILES string of the molecule is CC[C@@]1(C)NC(=O)N(/N=C\c2ccc(OCCC(C)C)cc2)C1=O. The molecule has 0 unspecified atom stereocenters. The second-order valence-electron chi connectivity index (χ2n) is 6.58. The molecule has 1 N–H and O–H groups in total. The number of nitrogens with zero attached hydrogens (tertiary/aromatic N) is 2. The Morgan fingerprint density at radius 1 is 1.29 bits per heavy atom. The van der Waals surface area contributed by atoms with Crippen LogP contribution in [0, 0.1) is 5.92 Å². The summed E-state index contributed by atoms with van der Waals surface area (Å²) in [6, 6.07) is 6.89. The van der Waals surface area contributed by atoms with Crippen molar-refractivity contribution in [2.45, 2.75) is 46.1 Å². The first-order valence-electron chi connectivity index (χ1n) is 8.29. The van der Waals surface area contributed by atoms with Crippen molar-refractivity contribution in [3.8, 4) is 5.75 Å². The van der Waals surface area contributed by atoms with E-state index in [0.717, 1.165) is 22.7 Å². The first-order chi connectivity index (χ1) is 11.4. The molecule has 1 aromatic rings. The van der Waals surface area contributed by atoms with E-state index in [1.54, 1.807) is 6.92 Å². The third-order valence-corrected chi connectivity index (χ3v) is 4.11. The molecular weight excluding hydrogens is 306 g/mol. The van der Waals surface area contributed by atoms with Gasteiger partial charge in [-0.15, -0.1) is 5.01 Å². The Bertz CT molecular complexity index is 625. The fraction of sp³-hybridized carbons (Fsp3) is 0.500. The zero-order valence-electron chi connectivity index (χ0n) is 14.7. The molecule has 1 saturated heterocycles. The molecule has 0 radical (unpaired) electrons. The van der Waals surface area contributed by atoms with Crippen LogP contribution in [0.5, 0.6) is 5.75 Å². The minimum Gasteiger partial charge on any atom is -0.494 e. The molecule has 6 heteroatoms. The predicted octanol–water partition coefficient (Wildman–Crippen LogP) is 3.17. The summed E-state index contributed by atoms with van der Waals surface area (Å²) in [5, 5.41) is 7.57. The Balaban J connectivity index is 1.97. The Morgan fingerprint density at radius 2 is 1.96 bits per heavy atom. The molecule has 0 aromatic heterocycles. The summed E-state index contributed by atoms with van der Waals surface area (Å²) in [5.41, 5.74) is -0.0837. The lowest BCUT2D eigenvalue weighted by molar-refractivity contribution is -0.130. The van der Waals surface area contributed by atoms with Gasteiger partial charge in [0, 0.05) is 0 Å². The van der Waals surface area contributed by atoms with Crippen LogP contribution >= 0.6 is 0 Å². The summed E-state index contributed by atoms with van der Waals surface area (Å²) >= 11 is 0. The number of benzene rings is 1. The maximum absolute atomic E-state index is 12.2. The van der Waals surface area contributed by atoms with Gasteiger partial charge in [-0.3, -0.25) is 4.79 Å². The monoisotopic (exact) mass is 331 g/mol. The minimum absolute atomic E-state index is 0.333. The number of hydrogen-bond acceptors (Lipinski definition) is 4. The molecule has 1 atom stereocenters. The number of carbonyl (C=O) groups excluding carboxylic acids is 2. The Labute approximate surface area is 142 Å². The third-order valence-electron chi connectivity index (χ3n) is 4.11. The quantitative estimate of drug-likeness (QED) is 0.616. The molecule has 1 aliphatic rings. The van der Waals surface area contributed by atoms with Crippen molar-refractivity contribution in [3.05, 3.63) is 29.8 Å². The van der Waals surface area contributed by atoms with Gasteiger partial charge in [0.1, 0.15) is 11.3 Å². The first kappa shape index (κ1) is 18.0. The zero-order chi connectivity index (χ0) is 17.7. The highest BCUT2D eigenvalue weighted by molar-refractivity contribution is 6.07. The summed E-state index contributed by atoms with van der Waals surface area (Å²) in [4.78, 5) is 24.1. The lowest BCUT2D eigenvalue weighted by Crippen LogP contribution is -2.42. The minimum atomic E-state index is -0.872. The van der Waals surface area contributed by atoms with Crippen LogP contribution in [0.4, 0.5) is 4.79 Å². The summed E-state index contributed by atoms with van der Waals surface area (Å²) < 4.78 is 5.65. The van der Waals surface area contributed by atoms with Gasteiger partial charge < -0.3 is 10.1 Å². The molecule has 130 valence electrons. The van der Waals surface area contributed by atoms with Gasteiger partial charge in [0.05, 0.1) is 12.8 Å². The Morgan fingerprint density at radius 3 is 2.50 bits per heavy atom. The maximum Gasteiger partial charge on any atom is 0.346 e. The van der Waals surface area contributed by atoms with Crippen LogP contribution in [-0.4, -0.2) is 35.3 Å². The van der Waals surface area contributed by atoms with E-state index in [9.17, 15) is 9.59 Å². The van der Waals surface area contributed by atoms with Crippen molar-refractivity contribution in [2.75, 3.05) is 6.61 Å². The summed E-state index contributed by atoms with van der Waals surface area (Å²) in [6.45, 7) is 8.54. The number of carbonyl (C=O) groups is 2. The lowest BCUT2D eigenvalue weighted by atomic mass is 10.00. The highest BCUT2D eigenvalue weighted by atomic mass is 16.5. The fourth-order valence-corrected chi connectivity index (χ4v) is 2.20. The van der Waals surface area contributed by atoms with Crippen molar-refractivity contribution >= 4 is 18.2 Å². The van der Waals surface area contributed by atoms with Gasteiger partial charge in [0.25, 0.3) is 5.91 Å². The van der Waals surface area contributed by atoms with E-state index < -0.39 is 11.6 Å². The van der Waals surface area contributed by atoms with Crippen LogP contribution in [-0.2, 0) is 4.79 Å². The van der Waals surface area contributed by atoms with Crippen LogP contribution in [0.1, 0.15) is 46.1 Å². The summed E-state index contributed by atoms with van der Waals surface area (Å²) in [6.07, 6.45) is 3.02. The number of hydrazone groups is 1. The number of imide groups is 1. The second kappa shape index (κ2) is 7.47. The molecule has 0 saturated carbocycles. The van der Waals surface area contributed by atoms with E-state index in [2.05, 4.69) is 24.3 Å². The second-order valence-corrected chi connectivity index (χ2v) is 6.58. The van der Waals surface area contributed by atoms with E-state index in [1.807, 2.05) is 31.2 Å². The number of urea groups is 1. The van der Waals surface area contributed by atoms with Crippen LogP contribution in [0.25, 0.3) is 0 Å². The van der Waals surface area contributed by atoms with Gasteiger partial charge in [-0.2, -0.15) is 5.10 Å². The van der Waals surface area contributed by atoms with Crippen molar-refractivity contribution < 1.29 is 14.3 Å². The number of ether oxygens (including phenoxy) is 1. The lowest BCUT2D eigenvalue weighted by Gasteiger charge is -2.17. The van der Waals surface area contributed by atoms with Crippen LogP contribution in [0.2, 0.25) is 0 Å². The molecule has 0 spiro atoms. The largest absolute Gasteiger partial charge is 0.494 e. The molecule has 1 aromatic carbocycles. The van der Waals surface area contributed by atoms with Crippen molar-refractivity contribution in [2.24, 2.45) is 11.0 Å². The van der Waals surface area contributed by atoms with E-state index >= 15 is 0 Å². The molecule has 1 heterocycles. The number of rotatable bonds is 7. The maximum atomic E-state index is 12.2. The number of amides is 3. The van der Waals surface area contributed by atoms with Gasteiger partial charge in [-0.1, -0.05) is 20.8 Å². The fourth-order valence-electron chi connectivity index (χ4n) is 2.20. The van der Waals surface area contributed by atoms with Crippen molar-refractivity contribution in [1.29, 1.82) is 0 Å². The van der Waals surface area contributed by atoms with Crippen LogP contribution < -0.4 is 10.1 Å². The van der Waals surface area contributed by atoms with Gasteiger partial charge in [0.2, 0.25) is 0 Å². The summed E-state index contributed by atoms with van der Waals surface area (Å²) in [7, 11) is 0. The van der Waals surface area contributed by atoms with Gasteiger partial charge in [-0.25, -0.2) is 4.79 Å². The number of nitrogens with one attached hydrogen (secondary N) is 1. The molecule has 2 rings (SSSR count). The predicted molar refractivity (Wildman–Crippen MR) is 93.1 cm³/mol. The van der Waals surface area contributed by atoms with Gasteiger partial charge in [0.15, 0.2) is 0 Å². The Hall–Kier alpha value is -2.37. The molecule has 1 fully saturated rings. The van der Waals surface area contributed by atoms with Crippen molar-refractivity contribution in [1.82, 2.24) is 10.3 Å². The third kappa shape index (κ3) is 4.13. The average Bonchev–Trinajstić information content (AvgIpc) is 2.76. The van der Waals surface area contributed by atoms with Crippen LogP contribution in [0.3, 0.4) is 0 Å². The van der Waals surface area contributed by atoms with Crippen LogP contribution in [0.15, 0.2) is 29.4 Å².